The van der Waals surface area contributed by atoms with Crippen LogP contribution in [0.4, 0.5) is 0 Å². The van der Waals surface area contributed by atoms with Crippen LogP contribution in [0.2, 0.25) is 0 Å². The maximum atomic E-state index is 11.4. The molecule has 0 radical (unpaired) electrons. The SMILES string of the molecule is CC(=O)N(C)C(CO)c1coc2ccccc12. The van der Waals surface area contributed by atoms with Gasteiger partial charge in [0.1, 0.15) is 5.58 Å². The fourth-order valence-electron chi connectivity index (χ4n) is 1.91. The van der Waals surface area contributed by atoms with Crippen LogP contribution in [-0.4, -0.2) is 29.6 Å². The van der Waals surface area contributed by atoms with Crippen molar-refractivity contribution < 1.29 is 14.3 Å². The first-order valence-corrected chi connectivity index (χ1v) is 5.45. The van der Waals surface area contributed by atoms with E-state index in [-0.39, 0.29) is 18.6 Å². The Morgan fingerprint density at radius 3 is 2.82 bits per heavy atom. The van der Waals surface area contributed by atoms with Gasteiger partial charge in [0.25, 0.3) is 0 Å². The fraction of sp³-hybridized carbons (Fsp3) is 0.308. The quantitative estimate of drug-likeness (QED) is 0.881. The van der Waals surface area contributed by atoms with Crippen LogP contribution in [0.15, 0.2) is 34.9 Å². The molecule has 1 unspecified atom stereocenters. The largest absolute Gasteiger partial charge is 0.464 e. The third-order valence-corrected chi connectivity index (χ3v) is 3.01. The first-order chi connectivity index (χ1) is 8.15. The number of aliphatic hydroxyl groups excluding tert-OH is 1. The predicted octanol–water partition coefficient (Wildman–Crippen LogP) is 1.94. The lowest BCUT2D eigenvalue weighted by molar-refractivity contribution is -0.130. The summed E-state index contributed by atoms with van der Waals surface area (Å²) in [7, 11) is 1.67. The minimum absolute atomic E-state index is 0.0886. The Morgan fingerprint density at radius 1 is 1.47 bits per heavy atom. The molecule has 0 fully saturated rings. The van der Waals surface area contributed by atoms with Crippen molar-refractivity contribution in [3.63, 3.8) is 0 Å². The summed E-state index contributed by atoms with van der Waals surface area (Å²) in [5, 5.41) is 10.4. The zero-order chi connectivity index (χ0) is 12.4. The number of para-hydroxylation sites is 1. The molecule has 0 aliphatic carbocycles. The van der Waals surface area contributed by atoms with Crippen LogP contribution in [0.25, 0.3) is 11.0 Å². The minimum Gasteiger partial charge on any atom is -0.464 e. The topological polar surface area (TPSA) is 53.7 Å². The van der Waals surface area contributed by atoms with Gasteiger partial charge in [-0.05, 0) is 6.07 Å². The number of furan rings is 1. The average Bonchev–Trinajstić information content (AvgIpc) is 2.74. The number of rotatable bonds is 3. The second-order valence-electron chi connectivity index (χ2n) is 4.02. The summed E-state index contributed by atoms with van der Waals surface area (Å²) in [5.74, 6) is -0.0886. The van der Waals surface area contributed by atoms with Crippen LogP contribution in [0.5, 0.6) is 0 Å². The summed E-state index contributed by atoms with van der Waals surface area (Å²) < 4.78 is 5.41. The Hall–Kier alpha value is -1.81. The van der Waals surface area contributed by atoms with E-state index in [2.05, 4.69) is 0 Å². The van der Waals surface area contributed by atoms with E-state index in [1.54, 1.807) is 13.3 Å². The molecular weight excluding hydrogens is 218 g/mol. The Balaban J connectivity index is 2.47. The predicted molar refractivity (Wildman–Crippen MR) is 64.5 cm³/mol. The second-order valence-corrected chi connectivity index (χ2v) is 4.02. The highest BCUT2D eigenvalue weighted by Crippen LogP contribution is 2.29. The molecule has 90 valence electrons. The summed E-state index contributed by atoms with van der Waals surface area (Å²) in [5.41, 5.74) is 1.60. The molecule has 4 nitrogen and oxygen atoms in total. The molecule has 1 N–H and O–H groups in total. The molecule has 1 aromatic carbocycles. The van der Waals surface area contributed by atoms with Crippen molar-refractivity contribution in [3.8, 4) is 0 Å². The molecule has 0 saturated carbocycles. The molecule has 0 aliphatic rings. The van der Waals surface area contributed by atoms with Crippen molar-refractivity contribution in [2.24, 2.45) is 0 Å². The summed E-state index contributed by atoms with van der Waals surface area (Å²) >= 11 is 0. The van der Waals surface area contributed by atoms with Crippen molar-refractivity contribution >= 4 is 16.9 Å². The standard InChI is InChI=1S/C13H15NO3/c1-9(16)14(2)12(7-15)11-8-17-13-6-4-3-5-10(11)13/h3-6,8,12,15H,7H2,1-2H3. The van der Waals surface area contributed by atoms with Crippen LogP contribution in [0, 0.1) is 0 Å². The molecule has 1 atom stereocenters. The summed E-state index contributed by atoms with van der Waals surface area (Å²) in [6.07, 6.45) is 1.60. The summed E-state index contributed by atoms with van der Waals surface area (Å²) in [6, 6.07) is 7.21. The van der Waals surface area contributed by atoms with Gasteiger partial charge in [0, 0.05) is 24.9 Å². The maximum absolute atomic E-state index is 11.4. The number of amides is 1. The van der Waals surface area contributed by atoms with E-state index in [1.807, 2.05) is 24.3 Å². The van der Waals surface area contributed by atoms with Gasteiger partial charge in [-0.3, -0.25) is 4.79 Å². The molecule has 1 aromatic heterocycles. The number of hydrogen-bond acceptors (Lipinski definition) is 3. The second kappa shape index (κ2) is 4.59. The van der Waals surface area contributed by atoms with Gasteiger partial charge in [-0.15, -0.1) is 0 Å². The molecule has 2 rings (SSSR count). The molecule has 0 aliphatic heterocycles. The number of fused-ring (bicyclic) bond motifs is 1. The normalized spacial score (nSPS) is 12.6. The van der Waals surface area contributed by atoms with Crippen LogP contribution in [-0.2, 0) is 4.79 Å². The summed E-state index contributed by atoms with van der Waals surface area (Å²) in [6.45, 7) is 1.35. The lowest BCUT2D eigenvalue weighted by Crippen LogP contribution is -2.31. The van der Waals surface area contributed by atoms with Crippen molar-refractivity contribution in [2.45, 2.75) is 13.0 Å². The highest BCUT2D eigenvalue weighted by Gasteiger charge is 2.22. The van der Waals surface area contributed by atoms with E-state index in [4.69, 9.17) is 4.42 Å². The number of hydrogen-bond donors (Lipinski definition) is 1. The number of nitrogens with zero attached hydrogens (tertiary/aromatic N) is 1. The first kappa shape index (κ1) is 11.7. The molecular formula is C13H15NO3. The number of benzene rings is 1. The van der Waals surface area contributed by atoms with Crippen molar-refractivity contribution in [1.29, 1.82) is 0 Å². The highest BCUT2D eigenvalue weighted by atomic mass is 16.3. The highest BCUT2D eigenvalue weighted by molar-refractivity contribution is 5.82. The third kappa shape index (κ3) is 2.03. The lowest BCUT2D eigenvalue weighted by Gasteiger charge is -2.24. The Labute approximate surface area is 99.4 Å². The smallest absolute Gasteiger partial charge is 0.219 e. The zero-order valence-corrected chi connectivity index (χ0v) is 9.88. The van der Waals surface area contributed by atoms with Gasteiger partial charge in [-0.1, -0.05) is 18.2 Å². The lowest BCUT2D eigenvalue weighted by atomic mass is 10.1. The van der Waals surface area contributed by atoms with E-state index in [9.17, 15) is 9.90 Å². The number of carbonyl (C=O) groups excluding carboxylic acids is 1. The van der Waals surface area contributed by atoms with Gasteiger partial charge in [0.2, 0.25) is 5.91 Å². The molecule has 2 aromatic rings. The number of carbonyl (C=O) groups is 1. The first-order valence-electron chi connectivity index (χ1n) is 5.45. The van der Waals surface area contributed by atoms with E-state index in [1.165, 1.54) is 11.8 Å². The molecule has 0 spiro atoms. The molecule has 0 saturated heterocycles. The monoisotopic (exact) mass is 233 g/mol. The molecule has 0 bridgehead atoms. The molecule has 4 heteroatoms. The Kier molecular flexibility index (Phi) is 3.15. The molecule has 1 heterocycles. The summed E-state index contributed by atoms with van der Waals surface area (Å²) in [4.78, 5) is 12.9. The van der Waals surface area contributed by atoms with Gasteiger partial charge < -0.3 is 14.4 Å². The van der Waals surface area contributed by atoms with Gasteiger partial charge in [-0.25, -0.2) is 0 Å². The van der Waals surface area contributed by atoms with Crippen LogP contribution < -0.4 is 0 Å². The van der Waals surface area contributed by atoms with Gasteiger partial charge in [-0.2, -0.15) is 0 Å². The van der Waals surface area contributed by atoms with E-state index >= 15 is 0 Å². The van der Waals surface area contributed by atoms with Crippen molar-refractivity contribution in [1.82, 2.24) is 4.90 Å². The van der Waals surface area contributed by atoms with Crippen LogP contribution >= 0.6 is 0 Å². The fourth-order valence-corrected chi connectivity index (χ4v) is 1.91. The van der Waals surface area contributed by atoms with Crippen LogP contribution in [0.3, 0.4) is 0 Å². The van der Waals surface area contributed by atoms with E-state index in [0.717, 1.165) is 16.5 Å². The molecule has 1 amide bonds. The third-order valence-electron chi connectivity index (χ3n) is 3.01. The minimum atomic E-state index is -0.365. The van der Waals surface area contributed by atoms with E-state index in [0.29, 0.717) is 0 Å². The zero-order valence-electron chi connectivity index (χ0n) is 9.88. The van der Waals surface area contributed by atoms with Crippen molar-refractivity contribution in [3.05, 3.63) is 36.1 Å². The Morgan fingerprint density at radius 2 is 2.18 bits per heavy atom. The van der Waals surface area contributed by atoms with Gasteiger partial charge >= 0.3 is 0 Å². The van der Waals surface area contributed by atoms with Crippen LogP contribution in [0.1, 0.15) is 18.5 Å². The van der Waals surface area contributed by atoms with E-state index < -0.39 is 0 Å². The van der Waals surface area contributed by atoms with Gasteiger partial charge in [0.15, 0.2) is 0 Å². The average molecular weight is 233 g/mol. The van der Waals surface area contributed by atoms with Gasteiger partial charge in [0.05, 0.1) is 18.9 Å². The maximum Gasteiger partial charge on any atom is 0.219 e. The number of likely N-dealkylation sites (N-methyl/N-ethyl adjacent to an activating group) is 1. The number of aliphatic hydroxyl groups is 1. The molecule has 17 heavy (non-hydrogen) atoms. The van der Waals surface area contributed by atoms with Crippen molar-refractivity contribution in [2.75, 3.05) is 13.7 Å². The Bertz CT molecular complexity index is 532.